The molecule has 1 amide bonds. The zero-order chi connectivity index (χ0) is 11.7. The van der Waals surface area contributed by atoms with E-state index in [0.717, 1.165) is 39.0 Å². The van der Waals surface area contributed by atoms with Gasteiger partial charge in [-0.2, -0.15) is 0 Å². The lowest BCUT2D eigenvalue weighted by Gasteiger charge is -2.31. The van der Waals surface area contributed by atoms with Crippen LogP contribution >= 0.6 is 0 Å². The smallest absolute Gasteiger partial charge is 0.240 e. The number of hydrogen-bond donors (Lipinski definition) is 0. The maximum atomic E-state index is 12.6. The second kappa shape index (κ2) is 4.81. The maximum Gasteiger partial charge on any atom is 0.240 e. The minimum absolute atomic E-state index is 0.193. The molecule has 0 bridgehead atoms. The largest absolute Gasteiger partial charge is 0.341 e. The van der Waals surface area contributed by atoms with Crippen molar-refractivity contribution in [2.24, 2.45) is 5.92 Å². The third-order valence-corrected chi connectivity index (χ3v) is 4.30. The van der Waals surface area contributed by atoms with E-state index in [4.69, 9.17) is 0 Å². The Hall–Kier alpha value is -0.830. The monoisotopic (exact) mass is 234 g/mol. The molecule has 3 rings (SSSR count). The van der Waals surface area contributed by atoms with Crippen molar-refractivity contribution in [3.8, 4) is 0 Å². The molecule has 2 aliphatic heterocycles. The molecule has 0 aromatic rings. The molecule has 2 atom stereocenters. The summed E-state index contributed by atoms with van der Waals surface area (Å²) in [6, 6.07) is 0.193. The fourth-order valence-corrected chi connectivity index (χ4v) is 3.22. The number of hydrogen-bond acceptors (Lipinski definition) is 2. The second-order valence-electron chi connectivity index (χ2n) is 5.56. The highest BCUT2D eigenvalue weighted by molar-refractivity contribution is 5.83. The molecule has 3 heteroatoms. The summed E-state index contributed by atoms with van der Waals surface area (Å²) in [5.74, 6) is 0.982. The Morgan fingerprint density at radius 2 is 1.88 bits per heavy atom. The highest BCUT2D eigenvalue weighted by atomic mass is 16.2. The van der Waals surface area contributed by atoms with Gasteiger partial charge in [-0.25, -0.2) is 0 Å². The summed E-state index contributed by atoms with van der Waals surface area (Å²) >= 11 is 0. The van der Waals surface area contributed by atoms with Crippen molar-refractivity contribution in [2.45, 2.75) is 38.1 Å². The molecule has 1 aliphatic carbocycles. The highest BCUT2D eigenvalue weighted by Gasteiger charge is 2.40. The molecule has 2 saturated heterocycles. The van der Waals surface area contributed by atoms with Crippen LogP contribution in [0.3, 0.4) is 0 Å². The molecule has 0 spiro atoms. The van der Waals surface area contributed by atoms with Gasteiger partial charge in [-0.05, 0) is 38.0 Å². The van der Waals surface area contributed by atoms with E-state index in [2.05, 4.69) is 22.0 Å². The van der Waals surface area contributed by atoms with Crippen LogP contribution in [-0.4, -0.2) is 47.9 Å². The normalized spacial score (nSPS) is 30.6. The predicted octanol–water partition coefficient (Wildman–Crippen LogP) is 1.65. The summed E-state index contributed by atoms with van der Waals surface area (Å²) in [6.07, 6.45) is 10.4. The Labute approximate surface area is 103 Å². The maximum absolute atomic E-state index is 12.6. The standard InChI is InChI=1S/C14H22N2O/c17-14(16-8-4-5-9-16)13(15-10-11-15)12-6-2-1-3-7-12/h1-2,12-13H,3-11H2. The van der Waals surface area contributed by atoms with Crippen molar-refractivity contribution < 1.29 is 4.79 Å². The van der Waals surface area contributed by atoms with E-state index in [-0.39, 0.29) is 6.04 Å². The van der Waals surface area contributed by atoms with Crippen molar-refractivity contribution in [3.63, 3.8) is 0 Å². The number of rotatable bonds is 3. The first-order chi connectivity index (χ1) is 8.36. The summed E-state index contributed by atoms with van der Waals surface area (Å²) in [5.41, 5.74) is 0. The highest BCUT2D eigenvalue weighted by Crippen LogP contribution is 2.30. The SMILES string of the molecule is O=C(C(C1CC=CCC1)N1CC1)N1CCCC1. The van der Waals surface area contributed by atoms with Crippen LogP contribution in [0, 0.1) is 5.92 Å². The van der Waals surface area contributed by atoms with Gasteiger partial charge in [0.05, 0.1) is 6.04 Å². The lowest BCUT2D eigenvalue weighted by atomic mass is 9.87. The lowest BCUT2D eigenvalue weighted by molar-refractivity contribution is -0.135. The van der Waals surface area contributed by atoms with E-state index in [0.29, 0.717) is 11.8 Å². The molecule has 0 N–H and O–H groups in total. The number of nitrogens with zero attached hydrogens (tertiary/aromatic N) is 2. The first-order valence-corrected chi connectivity index (χ1v) is 7.04. The number of likely N-dealkylation sites (tertiary alicyclic amines) is 1. The van der Waals surface area contributed by atoms with Gasteiger partial charge in [-0.1, -0.05) is 12.2 Å². The van der Waals surface area contributed by atoms with Gasteiger partial charge in [-0.3, -0.25) is 9.69 Å². The van der Waals surface area contributed by atoms with Gasteiger partial charge in [0.2, 0.25) is 5.91 Å². The molecular weight excluding hydrogens is 212 g/mol. The van der Waals surface area contributed by atoms with Gasteiger partial charge in [0.25, 0.3) is 0 Å². The Morgan fingerprint density at radius 1 is 1.12 bits per heavy atom. The average molecular weight is 234 g/mol. The van der Waals surface area contributed by atoms with Crippen LogP contribution in [0.15, 0.2) is 12.2 Å². The molecule has 0 aromatic heterocycles. The Kier molecular flexibility index (Phi) is 3.19. The number of allylic oxidation sites excluding steroid dienone is 2. The van der Waals surface area contributed by atoms with Crippen molar-refractivity contribution >= 4 is 5.91 Å². The summed E-state index contributed by atoms with van der Waals surface area (Å²) in [6.45, 7) is 4.24. The first-order valence-electron chi connectivity index (χ1n) is 7.04. The molecule has 3 aliphatic rings. The molecule has 2 fully saturated rings. The molecule has 0 saturated carbocycles. The van der Waals surface area contributed by atoms with Crippen molar-refractivity contribution in [2.75, 3.05) is 26.2 Å². The summed E-state index contributed by atoms with van der Waals surface area (Å²) in [4.78, 5) is 17.1. The minimum Gasteiger partial charge on any atom is -0.341 e. The summed E-state index contributed by atoms with van der Waals surface area (Å²) < 4.78 is 0. The van der Waals surface area contributed by atoms with Crippen LogP contribution < -0.4 is 0 Å². The summed E-state index contributed by atoms with van der Waals surface area (Å²) in [5, 5.41) is 0. The second-order valence-corrected chi connectivity index (χ2v) is 5.56. The van der Waals surface area contributed by atoms with E-state index in [9.17, 15) is 4.79 Å². The molecule has 0 aromatic carbocycles. The van der Waals surface area contributed by atoms with Crippen LogP contribution in [0.2, 0.25) is 0 Å². The fourth-order valence-electron chi connectivity index (χ4n) is 3.22. The van der Waals surface area contributed by atoms with Crippen LogP contribution in [0.1, 0.15) is 32.1 Å². The van der Waals surface area contributed by atoms with Crippen molar-refractivity contribution in [1.29, 1.82) is 0 Å². The number of amides is 1. The third kappa shape index (κ3) is 2.39. The Balaban J connectivity index is 1.70. The lowest BCUT2D eigenvalue weighted by Crippen LogP contribution is -2.46. The Bertz CT molecular complexity index is 316. The van der Waals surface area contributed by atoms with Crippen LogP contribution in [0.4, 0.5) is 0 Å². The van der Waals surface area contributed by atoms with E-state index >= 15 is 0 Å². The van der Waals surface area contributed by atoms with E-state index < -0.39 is 0 Å². The average Bonchev–Trinajstić information content (AvgIpc) is 3.04. The fraction of sp³-hybridized carbons (Fsp3) is 0.786. The van der Waals surface area contributed by atoms with Gasteiger partial charge in [-0.15, -0.1) is 0 Å². The van der Waals surface area contributed by atoms with Gasteiger partial charge in [0, 0.05) is 26.2 Å². The van der Waals surface area contributed by atoms with Crippen LogP contribution in [-0.2, 0) is 4.79 Å². The molecule has 2 heterocycles. The van der Waals surface area contributed by atoms with E-state index in [1.165, 1.54) is 19.3 Å². The summed E-state index contributed by atoms with van der Waals surface area (Å²) in [7, 11) is 0. The molecule has 17 heavy (non-hydrogen) atoms. The quantitative estimate of drug-likeness (QED) is 0.547. The zero-order valence-electron chi connectivity index (χ0n) is 10.5. The molecule has 3 nitrogen and oxygen atoms in total. The van der Waals surface area contributed by atoms with Crippen molar-refractivity contribution in [3.05, 3.63) is 12.2 Å². The van der Waals surface area contributed by atoms with Gasteiger partial charge >= 0.3 is 0 Å². The number of carbonyl (C=O) groups excluding carboxylic acids is 1. The molecule has 94 valence electrons. The Morgan fingerprint density at radius 3 is 2.47 bits per heavy atom. The predicted molar refractivity (Wildman–Crippen MR) is 67.7 cm³/mol. The number of carbonyl (C=O) groups is 1. The van der Waals surface area contributed by atoms with Gasteiger partial charge in [0.1, 0.15) is 0 Å². The van der Waals surface area contributed by atoms with E-state index in [1.54, 1.807) is 0 Å². The van der Waals surface area contributed by atoms with Crippen molar-refractivity contribution in [1.82, 2.24) is 9.80 Å². The zero-order valence-corrected chi connectivity index (χ0v) is 10.5. The molecule has 2 unspecified atom stereocenters. The minimum atomic E-state index is 0.193. The van der Waals surface area contributed by atoms with E-state index in [1.807, 2.05) is 0 Å². The van der Waals surface area contributed by atoms with Crippen LogP contribution in [0.25, 0.3) is 0 Å². The molecular formula is C14H22N2O. The topological polar surface area (TPSA) is 23.3 Å². The third-order valence-electron chi connectivity index (χ3n) is 4.30. The van der Waals surface area contributed by atoms with Gasteiger partial charge in [0.15, 0.2) is 0 Å². The first kappa shape index (κ1) is 11.3. The van der Waals surface area contributed by atoms with Crippen LogP contribution in [0.5, 0.6) is 0 Å². The van der Waals surface area contributed by atoms with Gasteiger partial charge < -0.3 is 4.90 Å². The molecule has 0 radical (unpaired) electrons.